The molecule has 2 unspecified atom stereocenters. The summed E-state index contributed by atoms with van der Waals surface area (Å²) in [5, 5.41) is 2.73. The van der Waals surface area contributed by atoms with Gasteiger partial charge in [0.1, 0.15) is 17.6 Å². The Morgan fingerprint density at radius 2 is 1.86 bits per heavy atom. The Hall–Kier alpha value is -3.15. The monoisotopic (exact) mass is 396 g/mol. The molecule has 2 aromatic carbocycles. The number of hydrogen-bond acceptors (Lipinski definition) is 3. The van der Waals surface area contributed by atoms with Crippen LogP contribution in [0.4, 0.5) is 4.39 Å². The van der Waals surface area contributed by atoms with E-state index in [1.807, 2.05) is 24.3 Å². The van der Waals surface area contributed by atoms with Crippen molar-refractivity contribution in [2.45, 2.75) is 31.8 Å². The number of nitrogens with one attached hydrogen (secondary N) is 1. The van der Waals surface area contributed by atoms with Crippen LogP contribution < -0.4 is 10.1 Å². The SMILES string of the molecule is COc1ccc(/C=C/C(=O)NC(C)C(=O)N2CCCC2c2ccc(F)cc2)cc1. The number of likely N-dealkylation sites (tertiary alicyclic amines) is 1. The van der Waals surface area contributed by atoms with E-state index in [0.29, 0.717) is 6.54 Å². The summed E-state index contributed by atoms with van der Waals surface area (Å²) in [4.78, 5) is 26.9. The zero-order valence-electron chi connectivity index (χ0n) is 16.6. The first kappa shape index (κ1) is 20.6. The van der Waals surface area contributed by atoms with Crippen molar-refractivity contribution in [2.24, 2.45) is 0 Å². The molecule has 1 aliphatic heterocycles. The number of carbonyl (C=O) groups is 2. The molecule has 152 valence electrons. The minimum Gasteiger partial charge on any atom is -0.497 e. The first-order valence-corrected chi connectivity index (χ1v) is 9.66. The molecule has 2 aromatic rings. The van der Waals surface area contributed by atoms with Gasteiger partial charge in [-0.25, -0.2) is 4.39 Å². The van der Waals surface area contributed by atoms with Crippen molar-refractivity contribution in [1.29, 1.82) is 0 Å². The molecule has 1 saturated heterocycles. The summed E-state index contributed by atoms with van der Waals surface area (Å²) >= 11 is 0. The van der Waals surface area contributed by atoms with Crippen LogP contribution in [0.3, 0.4) is 0 Å². The van der Waals surface area contributed by atoms with Crippen LogP contribution in [0.1, 0.15) is 36.9 Å². The van der Waals surface area contributed by atoms with E-state index in [1.165, 1.54) is 18.2 Å². The van der Waals surface area contributed by atoms with E-state index in [9.17, 15) is 14.0 Å². The van der Waals surface area contributed by atoms with Crippen LogP contribution in [0.25, 0.3) is 6.08 Å². The Balaban J connectivity index is 1.59. The molecule has 1 heterocycles. The maximum atomic E-state index is 13.2. The van der Waals surface area contributed by atoms with E-state index in [0.717, 1.165) is 29.7 Å². The number of hydrogen-bond donors (Lipinski definition) is 1. The third kappa shape index (κ3) is 5.22. The van der Waals surface area contributed by atoms with Crippen LogP contribution in [0.2, 0.25) is 0 Å². The van der Waals surface area contributed by atoms with Gasteiger partial charge in [0.25, 0.3) is 0 Å². The lowest BCUT2D eigenvalue weighted by Gasteiger charge is -2.28. The highest BCUT2D eigenvalue weighted by atomic mass is 19.1. The molecular formula is C23H25FN2O3. The molecule has 29 heavy (non-hydrogen) atoms. The Morgan fingerprint density at radius 1 is 1.17 bits per heavy atom. The van der Waals surface area contributed by atoms with Gasteiger partial charge >= 0.3 is 0 Å². The van der Waals surface area contributed by atoms with Crippen molar-refractivity contribution in [3.8, 4) is 5.75 Å². The number of methoxy groups -OCH3 is 1. The molecule has 0 spiro atoms. The second-order valence-electron chi connectivity index (χ2n) is 7.08. The van der Waals surface area contributed by atoms with Gasteiger partial charge in [0, 0.05) is 12.6 Å². The molecule has 0 saturated carbocycles. The van der Waals surface area contributed by atoms with Gasteiger partial charge in [-0.3, -0.25) is 9.59 Å². The minimum atomic E-state index is -0.649. The van der Waals surface area contributed by atoms with Gasteiger partial charge < -0.3 is 15.0 Å². The molecule has 2 atom stereocenters. The standard InChI is InChI=1S/C23H25FN2O3/c1-16(25-22(27)14-7-17-5-12-20(29-2)13-6-17)23(28)26-15-3-4-21(26)18-8-10-19(24)11-9-18/h5-14,16,21H,3-4,15H2,1-2H3,(H,25,27)/b14-7+. The van der Waals surface area contributed by atoms with E-state index in [-0.39, 0.29) is 23.7 Å². The summed E-state index contributed by atoms with van der Waals surface area (Å²) in [6, 6.07) is 12.8. The molecule has 5 nitrogen and oxygen atoms in total. The highest BCUT2D eigenvalue weighted by Gasteiger charge is 2.32. The van der Waals surface area contributed by atoms with Gasteiger partial charge in [-0.2, -0.15) is 0 Å². The van der Waals surface area contributed by atoms with Crippen LogP contribution >= 0.6 is 0 Å². The number of halogens is 1. The lowest BCUT2D eigenvalue weighted by Crippen LogP contribution is -2.46. The summed E-state index contributed by atoms with van der Waals surface area (Å²) in [5.41, 5.74) is 1.77. The molecule has 1 N–H and O–H groups in total. The topological polar surface area (TPSA) is 58.6 Å². The maximum Gasteiger partial charge on any atom is 0.245 e. The summed E-state index contributed by atoms with van der Waals surface area (Å²) in [6.07, 6.45) is 4.80. The number of rotatable bonds is 6. The third-order valence-electron chi connectivity index (χ3n) is 5.06. The predicted molar refractivity (Wildman–Crippen MR) is 110 cm³/mol. The van der Waals surface area contributed by atoms with Gasteiger partial charge in [0.05, 0.1) is 13.2 Å². The molecule has 1 fully saturated rings. The quantitative estimate of drug-likeness (QED) is 0.757. The van der Waals surface area contributed by atoms with Gasteiger partial charge in [-0.15, -0.1) is 0 Å². The van der Waals surface area contributed by atoms with Gasteiger partial charge in [-0.05, 0) is 61.2 Å². The van der Waals surface area contributed by atoms with E-state index >= 15 is 0 Å². The molecule has 0 radical (unpaired) electrons. The first-order chi connectivity index (χ1) is 14.0. The Bertz CT molecular complexity index is 878. The normalized spacial score (nSPS) is 17.3. The average molecular weight is 396 g/mol. The van der Waals surface area contributed by atoms with Crippen LogP contribution in [0, 0.1) is 5.82 Å². The number of nitrogens with zero attached hydrogens (tertiary/aromatic N) is 1. The highest BCUT2D eigenvalue weighted by molar-refractivity contribution is 5.95. The number of ether oxygens (including phenoxy) is 1. The molecule has 2 amide bonds. The highest BCUT2D eigenvalue weighted by Crippen LogP contribution is 2.32. The zero-order valence-corrected chi connectivity index (χ0v) is 16.6. The molecule has 3 rings (SSSR count). The van der Waals surface area contributed by atoms with E-state index in [2.05, 4.69) is 5.32 Å². The van der Waals surface area contributed by atoms with Crippen LogP contribution in [-0.2, 0) is 9.59 Å². The Labute approximate surface area is 170 Å². The second-order valence-corrected chi connectivity index (χ2v) is 7.08. The summed E-state index contributed by atoms with van der Waals surface area (Å²) < 4.78 is 18.3. The smallest absolute Gasteiger partial charge is 0.245 e. The van der Waals surface area contributed by atoms with E-state index in [1.54, 1.807) is 37.1 Å². The summed E-state index contributed by atoms with van der Waals surface area (Å²) in [7, 11) is 1.59. The number of amides is 2. The molecule has 0 aromatic heterocycles. The second kappa shape index (κ2) is 9.37. The lowest BCUT2D eigenvalue weighted by atomic mass is 10.0. The average Bonchev–Trinajstić information content (AvgIpc) is 3.22. The maximum absolute atomic E-state index is 13.2. The fraction of sp³-hybridized carbons (Fsp3) is 0.304. The van der Waals surface area contributed by atoms with Gasteiger partial charge in [-0.1, -0.05) is 24.3 Å². The molecule has 6 heteroatoms. The summed E-state index contributed by atoms with van der Waals surface area (Å²) in [5.74, 6) is -0.0248. The van der Waals surface area contributed by atoms with Crippen molar-refractivity contribution in [3.05, 3.63) is 71.6 Å². The zero-order chi connectivity index (χ0) is 20.8. The van der Waals surface area contributed by atoms with Gasteiger partial charge in [0.15, 0.2) is 0 Å². The fourth-order valence-electron chi connectivity index (χ4n) is 3.52. The fourth-order valence-corrected chi connectivity index (χ4v) is 3.52. The van der Waals surface area contributed by atoms with Crippen LogP contribution in [0.15, 0.2) is 54.6 Å². The Kier molecular flexibility index (Phi) is 6.65. The summed E-state index contributed by atoms with van der Waals surface area (Å²) in [6.45, 7) is 2.31. The van der Waals surface area contributed by atoms with Crippen LogP contribution in [-0.4, -0.2) is 36.4 Å². The van der Waals surface area contributed by atoms with E-state index < -0.39 is 6.04 Å². The van der Waals surface area contributed by atoms with Crippen molar-refractivity contribution in [3.63, 3.8) is 0 Å². The number of benzene rings is 2. The molecular weight excluding hydrogens is 371 g/mol. The molecule has 1 aliphatic rings. The van der Waals surface area contributed by atoms with Crippen molar-refractivity contribution >= 4 is 17.9 Å². The molecule has 0 aliphatic carbocycles. The lowest BCUT2D eigenvalue weighted by molar-refractivity contribution is -0.136. The minimum absolute atomic E-state index is 0.0858. The van der Waals surface area contributed by atoms with Gasteiger partial charge in [0.2, 0.25) is 11.8 Å². The first-order valence-electron chi connectivity index (χ1n) is 9.66. The molecule has 0 bridgehead atoms. The third-order valence-corrected chi connectivity index (χ3v) is 5.06. The van der Waals surface area contributed by atoms with Crippen molar-refractivity contribution < 1.29 is 18.7 Å². The van der Waals surface area contributed by atoms with Crippen LogP contribution in [0.5, 0.6) is 5.75 Å². The predicted octanol–water partition coefficient (Wildman–Crippen LogP) is 3.72. The Morgan fingerprint density at radius 3 is 2.52 bits per heavy atom. The van der Waals surface area contributed by atoms with Crippen molar-refractivity contribution in [2.75, 3.05) is 13.7 Å². The van der Waals surface area contributed by atoms with Crippen molar-refractivity contribution in [1.82, 2.24) is 10.2 Å². The number of carbonyl (C=O) groups excluding carboxylic acids is 2. The largest absolute Gasteiger partial charge is 0.497 e. The van der Waals surface area contributed by atoms with E-state index in [4.69, 9.17) is 4.74 Å².